The van der Waals surface area contributed by atoms with Crippen LogP contribution in [0.4, 0.5) is 0 Å². The van der Waals surface area contributed by atoms with Gasteiger partial charge in [0.15, 0.2) is 0 Å². The van der Waals surface area contributed by atoms with Gasteiger partial charge in [0.2, 0.25) is 0 Å². The number of rotatable bonds is 6. The van der Waals surface area contributed by atoms with Gasteiger partial charge in [-0.2, -0.15) is 0 Å². The fourth-order valence-corrected chi connectivity index (χ4v) is 1.70. The Hall–Kier alpha value is -1.84. The SMILES string of the molecule is CCCCOC(=O)c1c(C)cccc1C(=O)OCC. The summed E-state index contributed by atoms with van der Waals surface area (Å²) in [6.45, 7) is 6.17. The van der Waals surface area contributed by atoms with Crippen molar-refractivity contribution >= 4 is 11.9 Å². The van der Waals surface area contributed by atoms with Gasteiger partial charge in [-0.3, -0.25) is 0 Å². The van der Waals surface area contributed by atoms with Crippen LogP contribution in [-0.2, 0) is 9.47 Å². The number of ether oxygens (including phenoxy) is 2. The van der Waals surface area contributed by atoms with Crippen molar-refractivity contribution in [2.75, 3.05) is 13.2 Å². The third kappa shape index (κ3) is 4.09. The van der Waals surface area contributed by atoms with Crippen LogP contribution in [0.1, 0.15) is 53.0 Å². The summed E-state index contributed by atoms with van der Waals surface area (Å²) < 4.78 is 10.1. The van der Waals surface area contributed by atoms with Crippen molar-refractivity contribution in [2.45, 2.75) is 33.6 Å². The van der Waals surface area contributed by atoms with E-state index in [2.05, 4.69) is 0 Å². The van der Waals surface area contributed by atoms with E-state index in [1.54, 1.807) is 32.0 Å². The summed E-state index contributed by atoms with van der Waals surface area (Å²) in [5.74, 6) is -0.955. The lowest BCUT2D eigenvalue weighted by atomic mass is 10.0. The van der Waals surface area contributed by atoms with Gasteiger partial charge in [-0.1, -0.05) is 25.5 Å². The standard InChI is InChI=1S/C15H20O4/c1-4-6-10-19-15(17)13-11(3)8-7-9-12(13)14(16)18-5-2/h7-9H,4-6,10H2,1-3H3. The number of aryl methyl sites for hydroxylation is 1. The minimum absolute atomic E-state index is 0.267. The predicted molar refractivity (Wildman–Crippen MR) is 72.3 cm³/mol. The number of hydrogen-bond donors (Lipinski definition) is 0. The Balaban J connectivity index is 2.97. The maximum Gasteiger partial charge on any atom is 0.339 e. The molecule has 0 fully saturated rings. The lowest BCUT2D eigenvalue weighted by Gasteiger charge is -2.11. The van der Waals surface area contributed by atoms with Gasteiger partial charge in [-0.15, -0.1) is 0 Å². The predicted octanol–water partition coefficient (Wildman–Crippen LogP) is 3.13. The summed E-state index contributed by atoms with van der Waals surface area (Å²) in [5.41, 5.74) is 1.28. The highest BCUT2D eigenvalue weighted by Gasteiger charge is 2.21. The number of unbranched alkanes of at least 4 members (excludes halogenated alkanes) is 1. The molecule has 0 aromatic heterocycles. The average Bonchev–Trinajstić information content (AvgIpc) is 2.38. The number of carbonyl (C=O) groups is 2. The minimum atomic E-state index is -0.492. The summed E-state index contributed by atoms with van der Waals surface area (Å²) in [7, 11) is 0. The van der Waals surface area contributed by atoms with Gasteiger partial charge in [0.1, 0.15) is 0 Å². The molecule has 0 amide bonds. The molecule has 0 aliphatic carbocycles. The maximum atomic E-state index is 12.0. The molecule has 0 saturated heterocycles. The molecule has 0 heterocycles. The molecule has 0 radical (unpaired) electrons. The highest BCUT2D eigenvalue weighted by molar-refractivity contribution is 6.04. The van der Waals surface area contributed by atoms with Gasteiger partial charge < -0.3 is 9.47 Å². The number of hydrogen-bond acceptors (Lipinski definition) is 4. The molecule has 0 atom stereocenters. The third-order valence-corrected chi connectivity index (χ3v) is 2.70. The van der Waals surface area contributed by atoms with Gasteiger partial charge in [0.25, 0.3) is 0 Å². The van der Waals surface area contributed by atoms with E-state index in [1.807, 2.05) is 6.92 Å². The monoisotopic (exact) mass is 264 g/mol. The molecule has 0 unspecified atom stereocenters. The molecule has 4 nitrogen and oxygen atoms in total. The first-order valence-corrected chi connectivity index (χ1v) is 6.55. The molecule has 0 saturated carbocycles. The molecule has 19 heavy (non-hydrogen) atoms. The third-order valence-electron chi connectivity index (χ3n) is 2.70. The maximum absolute atomic E-state index is 12.0. The summed E-state index contributed by atoms with van der Waals surface area (Å²) >= 11 is 0. The van der Waals surface area contributed by atoms with Crippen LogP contribution < -0.4 is 0 Å². The molecule has 0 bridgehead atoms. The highest BCUT2D eigenvalue weighted by atomic mass is 16.5. The van der Waals surface area contributed by atoms with E-state index >= 15 is 0 Å². The zero-order valence-corrected chi connectivity index (χ0v) is 11.7. The highest BCUT2D eigenvalue weighted by Crippen LogP contribution is 2.17. The van der Waals surface area contributed by atoms with Crippen LogP contribution in [0.25, 0.3) is 0 Å². The largest absolute Gasteiger partial charge is 0.462 e. The van der Waals surface area contributed by atoms with Gasteiger partial charge >= 0.3 is 11.9 Å². The summed E-state index contributed by atoms with van der Waals surface area (Å²) in [4.78, 5) is 23.9. The number of esters is 2. The first kappa shape index (κ1) is 15.2. The van der Waals surface area contributed by atoms with E-state index in [-0.39, 0.29) is 12.2 Å². The average molecular weight is 264 g/mol. The van der Waals surface area contributed by atoms with Crippen molar-refractivity contribution in [3.63, 3.8) is 0 Å². The van der Waals surface area contributed by atoms with Crippen LogP contribution in [0, 0.1) is 6.92 Å². The van der Waals surface area contributed by atoms with Gasteiger partial charge in [-0.25, -0.2) is 9.59 Å². The molecule has 1 aromatic rings. The first-order chi connectivity index (χ1) is 9.11. The summed E-state index contributed by atoms with van der Waals surface area (Å²) in [6.07, 6.45) is 1.76. The Morgan fingerprint density at radius 2 is 1.84 bits per heavy atom. The smallest absolute Gasteiger partial charge is 0.339 e. The quantitative estimate of drug-likeness (QED) is 0.585. The number of carbonyl (C=O) groups excluding carboxylic acids is 2. The van der Waals surface area contributed by atoms with Crippen molar-refractivity contribution in [1.29, 1.82) is 0 Å². The first-order valence-electron chi connectivity index (χ1n) is 6.55. The van der Waals surface area contributed by atoms with Crippen LogP contribution in [0.5, 0.6) is 0 Å². The Bertz CT molecular complexity index is 451. The Morgan fingerprint density at radius 1 is 1.11 bits per heavy atom. The van der Waals surface area contributed by atoms with Gasteiger partial charge in [0.05, 0.1) is 24.3 Å². The molecular weight excluding hydrogens is 244 g/mol. The van der Waals surface area contributed by atoms with Crippen molar-refractivity contribution in [3.8, 4) is 0 Å². The van der Waals surface area contributed by atoms with E-state index in [9.17, 15) is 9.59 Å². The Labute approximate surface area is 113 Å². The molecule has 104 valence electrons. The van der Waals surface area contributed by atoms with E-state index < -0.39 is 11.9 Å². The summed E-state index contributed by atoms with van der Waals surface area (Å²) in [5, 5.41) is 0. The van der Waals surface area contributed by atoms with Crippen molar-refractivity contribution in [1.82, 2.24) is 0 Å². The fourth-order valence-electron chi connectivity index (χ4n) is 1.70. The lowest BCUT2D eigenvalue weighted by molar-refractivity contribution is 0.0463. The Morgan fingerprint density at radius 3 is 2.47 bits per heavy atom. The molecule has 1 aromatic carbocycles. The minimum Gasteiger partial charge on any atom is -0.462 e. The molecule has 0 N–H and O–H groups in total. The van der Waals surface area contributed by atoms with Crippen molar-refractivity contribution < 1.29 is 19.1 Å². The van der Waals surface area contributed by atoms with Crippen molar-refractivity contribution in [2.24, 2.45) is 0 Å². The lowest BCUT2D eigenvalue weighted by Crippen LogP contribution is -2.16. The van der Waals surface area contributed by atoms with Crippen LogP contribution >= 0.6 is 0 Å². The Kier molecular flexibility index (Phi) is 6.06. The van der Waals surface area contributed by atoms with Crippen LogP contribution in [0.2, 0.25) is 0 Å². The topological polar surface area (TPSA) is 52.6 Å². The zero-order valence-electron chi connectivity index (χ0n) is 11.7. The fraction of sp³-hybridized carbons (Fsp3) is 0.467. The zero-order chi connectivity index (χ0) is 14.3. The van der Waals surface area contributed by atoms with Gasteiger partial charge in [-0.05, 0) is 31.9 Å². The molecule has 0 aliphatic rings. The van der Waals surface area contributed by atoms with Gasteiger partial charge in [0, 0.05) is 0 Å². The second kappa shape index (κ2) is 7.56. The van der Waals surface area contributed by atoms with Crippen molar-refractivity contribution in [3.05, 3.63) is 34.9 Å². The second-order valence-electron chi connectivity index (χ2n) is 4.21. The van der Waals surface area contributed by atoms with E-state index in [0.29, 0.717) is 17.7 Å². The normalized spacial score (nSPS) is 10.1. The molecule has 4 heteroatoms. The molecule has 0 aliphatic heterocycles. The van der Waals surface area contributed by atoms with Crippen LogP contribution in [-0.4, -0.2) is 25.2 Å². The van der Waals surface area contributed by atoms with Crippen LogP contribution in [0.3, 0.4) is 0 Å². The molecular formula is C15H20O4. The number of benzene rings is 1. The van der Waals surface area contributed by atoms with E-state index in [0.717, 1.165) is 12.8 Å². The summed E-state index contributed by atoms with van der Waals surface area (Å²) in [6, 6.07) is 5.09. The molecule has 0 spiro atoms. The second-order valence-corrected chi connectivity index (χ2v) is 4.21. The van der Waals surface area contributed by atoms with E-state index in [1.165, 1.54) is 0 Å². The molecule has 1 rings (SSSR count). The van der Waals surface area contributed by atoms with E-state index in [4.69, 9.17) is 9.47 Å². The van der Waals surface area contributed by atoms with Crippen LogP contribution in [0.15, 0.2) is 18.2 Å².